The minimum absolute atomic E-state index is 0.218. The second kappa shape index (κ2) is 11.6. The average Bonchev–Trinajstić information content (AvgIpc) is 3.53. The third-order valence-corrected chi connectivity index (χ3v) is 7.15. The quantitative estimate of drug-likeness (QED) is 0.309. The first-order chi connectivity index (χ1) is 19.7. The van der Waals surface area contributed by atoms with E-state index in [4.69, 9.17) is 16.3 Å². The second-order valence-corrected chi connectivity index (χ2v) is 10.0. The Morgan fingerprint density at radius 2 is 2.05 bits per heavy atom. The van der Waals surface area contributed by atoms with Crippen molar-refractivity contribution in [2.24, 2.45) is 7.05 Å². The molecule has 1 aliphatic rings. The van der Waals surface area contributed by atoms with Gasteiger partial charge in [0.05, 0.1) is 48.8 Å². The summed E-state index contributed by atoms with van der Waals surface area (Å²) < 4.78 is 19.1. The van der Waals surface area contributed by atoms with Crippen molar-refractivity contribution >= 4 is 23.4 Å². The molecule has 2 aromatic heterocycles. The van der Waals surface area contributed by atoms with Crippen LogP contribution in [0.5, 0.6) is 5.75 Å². The van der Waals surface area contributed by atoms with Crippen molar-refractivity contribution in [3.63, 3.8) is 0 Å². The topological polar surface area (TPSA) is 135 Å². The van der Waals surface area contributed by atoms with Crippen molar-refractivity contribution in [1.29, 1.82) is 0 Å². The number of aliphatic hydroxyl groups excluding tert-OH is 1. The summed E-state index contributed by atoms with van der Waals surface area (Å²) in [4.78, 5) is 38.3. The number of carbonyl (C=O) groups is 2. The molecule has 0 unspecified atom stereocenters. The van der Waals surface area contributed by atoms with Crippen LogP contribution in [0, 0.1) is 5.82 Å². The van der Waals surface area contributed by atoms with E-state index in [0.717, 1.165) is 5.56 Å². The van der Waals surface area contributed by atoms with Gasteiger partial charge in [-0.25, -0.2) is 14.4 Å². The number of methoxy groups -OCH3 is 1. The molecule has 0 saturated carbocycles. The van der Waals surface area contributed by atoms with Gasteiger partial charge in [-0.3, -0.25) is 9.59 Å². The monoisotopic (exact) mass is 579 g/mol. The van der Waals surface area contributed by atoms with Crippen molar-refractivity contribution in [1.82, 2.24) is 35.2 Å². The summed E-state index contributed by atoms with van der Waals surface area (Å²) in [6.45, 7) is 1.35. The van der Waals surface area contributed by atoms with Gasteiger partial charge in [0.15, 0.2) is 0 Å². The van der Waals surface area contributed by atoms with Crippen LogP contribution in [-0.4, -0.2) is 66.5 Å². The lowest BCUT2D eigenvalue weighted by atomic mass is 10.0. The first kappa shape index (κ1) is 28.1. The fourth-order valence-electron chi connectivity index (χ4n) is 4.68. The van der Waals surface area contributed by atoms with E-state index in [1.54, 1.807) is 26.2 Å². The Morgan fingerprint density at radius 3 is 2.76 bits per heavy atom. The number of halogens is 2. The van der Waals surface area contributed by atoms with Crippen LogP contribution >= 0.6 is 11.6 Å². The Kier molecular flexibility index (Phi) is 7.95. The number of rotatable bonds is 9. The SMILES string of the molecule is COc1cc(F)cc([C@@H](CO)NC(=O)[C@@H](C)N2Cc3ccc(-c4nc(Cc5cnn(C)n5)ncc4Cl)cc3C2=O)c1. The van der Waals surface area contributed by atoms with Crippen LogP contribution in [0.2, 0.25) is 5.02 Å². The number of aryl methyl sites for hydroxylation is 1. The summed E-state index contributed by atoms with van der Waals surface area (Å²) in [6.07, 6.45) is 3.50. The molecule has 0 fully saturated rings. The predicted molar refractivity (Wildman–Crippen MR) is 147 cm³/mol. The van der Waals surface area contributed by atoms with E-state index in [0.29, 0.717) is 45.3 Å². The number of hydrogen-bond donors (Lipinski definition) is 2. The Bertz CT molecular complexity index is 1630. The summed E-state index contributed by atoms with van der Waals surface area (Å²) in [5.74, 6) is -0.640. The number of hydrogen-bond acceptors (Lipinski definition) is 8. The molecule has 13 heteroatoms. The van der Waals surface area contributed by atoms with Crippen molar-refractivity contribution in [3.8, 4) is 17.0 Å². The molecule has 2 aromatic carbocycles. The molecule has 0 saturated heterocycles. The maximum absolute atomic E-state index is 14.0. The first-order valence-electron chi connectivity index (χ1n) is 12.7. The zero-order chi connectivity index (χ0) is 29.3. The van der Waals surface area contributed by atoms with Gasteiger partial charge in [0.25, 0.3) is 5.91 Å². The van der Waals surface area contributed by atoms with Gasteiger partial charge in [0.2, 0.25) is 5.91 Å². The molecular formula is C28H27ClFN7O4. The predicted octanol–water partition coefficient (Wildman–Crippen LogP) is 2.86. The second-order valence-electron chi connectivity index (χ2n) is 9.63. The molecule has 0 spiro atoms. The lowest BCUT2D eigenvalue weighted by molar-refractivity contribution is -0.126. The molecular weight excluding hydrogens is 553 g/mol. The number of aliphatic hydroxyl groups is 1. The minimum atomic E-state index is -0.891. The summed E-state index contributed by atoms with van der Waals surface area (Å²) in [5, 5.41) is 21.2. The number of ether oxygens (including phenoxy) is 1. The van der Waals surface area contributed by atoms with Crippen LogP contribution in [0.1, 0.15) is 46.0 Å². The molecule has 2 atom stereocenters. The largest absolute Gasteiger partial charge is 0.497 e. The number of fused-ring (bicyclic) bond motifs is 1. The van der Waals surface area contributed by atoms with Crippen molar-refractivity contribution in [3.05, 3.63) is 87.8 Å². The van der Waals surface area contributed by atoms with Gasteiger partial charge in [-0.15, -0.1) is 0 Å². The summed E-state index contributed by atoms with van der Waals surface area (Å²) in [5.41, 5.74) is 3.32. The van der Waals surface area contributed by atoms with Crippen molar-refractivity contribution < 1.29 is 23.8 Å². The van der Waals surface area contributed by atoms with E-state index < -0.39 is 30.4 Å². The molecule has 2 amide bonds. The van der Waals surface area contributed by atoms with Crippen LogP contribution in [0.3, 0.4) is 0 Å². The normalized spacial score (nSPS) is 14.1. The standard InChI is InChI=1S/C28H27ClFN7O4/c1-15(27(39)33-24(14-38)18-6-19(30)9-21(7-18)41-3)37-13-17-5-4-16(8-22(17)28(37)40)26-23(29)12-31-25(34-26)10-20-11-32-36(2)35-20/h4-9,11-12,15,24,38H,10,13-14H2,1-3H3,(H,33,39)/t15-,24-/m1/s1. The maximum atomic E-state index is 14.0. The molecule has 0 bridgehead atoms. The van der Waals surface area contributed by atoms with Gasteiger partial charge < -0.3 is 20.1 Å². The number of nitrogens with zero attached hydrogens (tertiary/aromatic N) is 6. The molecule has 5 rings (SSSR count). The molecule has 0 radical (unpaired) electrons. The lowest BCUT2D eigenvalue weighted by Crippen LogP contribution is -2.46. The molecule has 1 aliphatic heterocycles. The van der Waals surface area contributed by atoms with E-state index in [1.165, 1.54) is 41.2 Å². The number of amides is 2. The van der Waals surface area contributed by atoms with Crippen LogP contribution in [0.4, 0.5) is 4.39 Å². The Hall–Kier alpha value is -4.42. The maximum Gasteiger partial charge on any atom is 0.255 e. The van der Waals surface area contributed by atoms with Crippen LogP contribution in [-0.2, 0) is 24.8 Å². The Morgan fingerprint density at radius 1 is 1.24 bits per heavy atom. The Balaban J connectivity index is 1.33. The summed E-state index contributed by atoms with van der Waals surface area (Å²) >= 11 is 6.43. The first-order valence-corrected chi connectivity index (χ1v) is 13.1. The highest BCUT2D eigenvalue weighted by atomic mass is 35.5. The third-order valence-electron chi connectivity index (χ3n) is 6.87. The van der Waals surface area contributed by atoms with E-state index in [2.05, 4.69) is 25.5 Å². The molecule has 0 aliphatic carbocycles. The van der Waals surface area contributed by atoms with Gasteiger partial charge in [-0.1, -0.05) is 23.7 Å². The molecule has 11 nitrogen and oxygen atoms in total. The van der Waals surface area contributed by atoms with Crippen molar-refractivity contribution in [2.45, 2.75) is 32.0 Å². The van der Waals surface area contributed by atoms with Gasteiger partial charge >= 0.3 is 0 Å². The smallest absolute Gasteiger partial charge is 0.255 e. The number of benzene rings is 2. The molecule has 212 valence electrons. The number of carbonyl (C=O) groups excluding carboxylic acids is 2. The van der Waals surface area contributed by atoms with Crippen LogP contribution in [0.15, 0.2) is 48.8 Å². The van der Waals surface area contributed by atoms with Gasteiger partial charge in [0.1, 0.15) is 23.4 Å². The Labute approximate surface area is 239 Å². The van der Waals surface area contributed by atoms with Crippen LogP contribution < -0.4 is 10.1 Å². The van der Waals surface area contributed by atoms with Gasteiger partial charge in [-0.05, 0) is 36.2 Å². The van der Waals surface area contributed by atoms with Crippen molar-refractivity contribution in [2.75, 3.05) is 13.7 Å². The summed E-state index contributed by atoms with van der Waals surface area (Å²) in [6, 6.07) is 7.51. The number of aromatic nitrogens is 5. The molecule has 2 N–H and O–H groups in total. The zero-order valence-corrected chi connectivity index (χ0v) is 23.3. The van der Waals surface area contributed by atoms with Gasteiger partial charge in [-0.2, -0.15) is 15.0 Å². The molecule has 4 aromatic rings. The third kappa shape index (κ3) is 5.88. The van der Waals surface area contributed by atoms with Crippen LogP contribution in [0.25, 0.3) is 11.3 Å². The number of nitrogens with one attached hydrogen (secondary N) is 1. The van der Waals surface area contributed by atoms with E-state index in [-0.39, 0.29) is 18.2 Å². The highest BCUT2D eigenvalue weighted by molar-refractivity contribution is 6.32. The van der Waals surface area contributed by atoms with E-state index in [9.17, 15) is 19.1 Å². The fraction of sp³-hybridized carbons (Fsp3) is 0.286. The zero-order valence-electron chi connectivity index (χ0n) is 22.5. The molecule has 41 heavy (non-hydrogen) atoms. The molecule has 3 heterocycles. The highest BCUT2D eigenvalue weighted by Crippen LogP contribution is 2.32. The fourth-order valence-corrected chi connectivity index (χ4v) is 4.88. The van der Waals surface area contributed by atoms with Gasteiger partial charge in [0, 0.05) is 37.0 Å². The van der Waals surface area contributed by atoms with E-state index in [1.807, 2.05) is 12.1 Å². The lowest BCUT2D eigenvalue weighted by Gasteiger charge is -2.26. The van der Waals surface area contributed by atoms with E-state index >= 15 is 0 Å². The summed E-state index contributed by atoms with van der Waals surface area (Å²) in [7, 11) is 3.12. The minimum Gasteiger partial charge on any atom is -0.497 e. The highest BCUT2D eigenvalue weighted by Gasteiger charge is 2.35. The average molecular weight is 580 g/mol.